The first-order chi connectivity index (χ1) is 15.0. The van der Waals surface area contributed by atoms with E-state index < -0.39 is 0 Å². The Hall–Kier alpha value is -4.38. The van der Waals surface area contributed by atoms with Crippen LogP contribution >= 0.6 is 0 Å². The van der Waals surface area contributed by atoms with Crippen molar-refractivity contribution >= 4 is 11.6 Å². The predicted molar refractivity (Wildman–Crippen MR) is 116 cm³/mol. The number of ketones is 2. The summed E-state index contributed by atoms with van der Waals surface area (Å²) in [6, 6.07) is 25.5. The quantitative estimate of drug-likeness (QED) is 0.419. The summed E-state index contributed by atoms with van der Waals surface area (Å²) in [4.78, 5) is 26.0. The summed E-state index contributed by atoms with van der Waals surface area (Å²) in [5, 5.41) is 18.9. The van der Waals surface area contributed by atoms with Crippen molar-refractivity contribution in [1.29, 1.82) is 0 Å². The Morgan fingerprint density at radius 3 is 1.26 bits per heavy atom. The molecular formula is C26H18O5. The molecule has 0 spiro atoms. The second-order valence-electron chi connectivity index (χ2n) is 6.85. The number of hydrogen-bond donors (Lipinski definition) is 2. The van der Waals surface area contributed by atoms with Crippen molar-refractivity contribution < 1.29 is 24.5 Å². The third-order valence-electron chi connectivity index (χ3n) is 4.74. The third kappa shape index (κ3) is 4.31. The number of hydrogen-bond acceptors (Lipinski definition) is 5. The number of ether oxygens (including phenoxy) is 1. The summed E-state index contributed by atoms with van der Waals surface area (Å²) < 4.78 is 6.03. The number of phenolic OH excluding ortho intramolecular Hbond substituents is 2. The maximum atomic E-state index is 13.0. The van der Waals surface area contributed by atoms with Gasteiger partial charge >= 0.3 is 0 Å². The summed E-state index contributed by atoms with van der Waals surface area (Å²) in [6.45, 7) is 0. The fourth-order valence-corrected chi connectivity index (χ4v) is 3.14. The first kappa shape index (κ1) is 19.9. The Balaban J connectivity index is 1.68. The largest absolute Gasteiger partial charge is 0.508 e. The van der Waals surface area contributed by atoms with Crippen LogP contribution in [0.5, 0.6) is 23.0 Å². The summed E-state index contributed by atoms with van der Waals surface area (Å²) >= 11 is 0. The molecule has 0 aliphatic rings. The molecule has 0 aromatic heterocycles. The molecule has 4 aromatic carbocycles. The molecule has 0 amide bonds. The van der Waals surface area contributed by atoms with Gasteiger partial charge < -0.3 is 14.9 Å². The van der Waals surface area contributed by atoms with Crippen LogP contribution in [-0.4, -0.2) is 21.8 Å². The zero-order chi connectivity index (χ0) is 21.8. The Morgan fingerprint density at radius 1 is 0.516 bits per heavy atom. The van der Waals surface area contributed by atoms with Crippen molar-refractivity contribution in [3.05, 3.63) is 119 Å². The number of carbonyl (C=O) groups is 2. The first-order valence-corrected chi connectivity index (χ1v) is 9.56. The lowest BCUT2D eigenvalue weighted by atomic mass is 10.0. The smallest absolute Gasteiger partial charge is 0.196 e. The Morgan fingerprint density at radius 2 is 0.871 bits per heavy atom. The molecule has 0 aliphatic heterocycles. The minimum Gasteiger partial charge on any atom is -0.508 e. The first-order valence-electron chi connectivity index (χ1n) is 9.56. The number of phenols is 2. The number of aromatic hydroxyl groups is 2. The molecular weight excluding hydrogens is 392 g/mol. The van der Waals surface area contributed by atoms with Gasteiger partial charge in [-0.3, -0.25) is 9.59 Å². The van der Waals surface area contributed by atoms with E-state index in [-0.39, 0.29) is 23.1 Å². The summed E-state index contributed by atoms with van der Waals surface area (Å²) in [5.74, 6) is 0.236. The van der Waals surface area contributed by atoms with E-state index >= 15 is 0 Å². The van der Waals surface area contributed by atoms with Crippen molar-refractivity contribution in [2.45, 2.75) is 0 Å². The van der Waals surface area contributed by atoms with Crippen molar-refractivity contribution in [2.24, 2.45) is 0 Å². The number of rotatable bonds is 6. The third-order valence-corrected chi connectivity index (χ3v) is 4.74. The molecule has 0 saturated carbocycles. The Labute approximate surface area is 178 Å². The highest BCUT2D eigenvalue weighted by atomic mass is 16.5. The van der Waals surface area contributed by atoms with E-state index in [4.69, 9.17) is 4.74 Å². The standard InChI is InChI=1S/C26H18O5/c27-19-13-9-17(10-14-19)25(29)21-5-1-3-7-23(21)31-24-8-4-2-6-22(24)26(30)18-11-15-20(28)16-12-18/h1-16,27-28H. The predicted octanol–water partition coefficient (Wildman–Crippen LogP) is 5.35. The molecule has 31 heavy (non-hydrogen) atoms. The molecule has 5 nitrogen and oxygen atoms in total. The lowest BCUT2D eigenvalue weighted by Crippen LogP contribution is -2.06. The highest BCUT2D eigenvalue weighted by molar-refractivity contribution is 6.12. The van der Waals surface area contributed by atoms with Gasteiger partial charge in [0, 0.05) is 11.1 Å². The normalized spacial score (nSPS) is 10.5. The SMILES string of the molecule is O=C(c1ccc(O)cc1)c1ccccc1Oc1ccccc1C(=O)c1ccc(O)cc1. The fraction of sp³-hybridized carbons (Fsp3) is 0. The maximum Gasteiger partial charge on any atom is 0.196 e. The van der Waals surface area contributed by atoms with E-state index in [1.165, 1.54) is 48.5 Å². The van der Waals surface area contributed by atoms with Crippen molar-refractivity contribution in [3.63, 3.8) is 0 Å². The number of para-hydroxylation sites is 2. The van der Waals surface area contributed by atoms with Crippen molar-refractivity contribution in [3.8, 4) is 23.0 Å². The van der Waals surface area contributed by atoms with Crippen LogP contribution in [0.1, 0.15) is 31.8 Å². The topological polar surface area (TPSA) is 83.8 Å². The summed E-state index contributed by atoms with van der Waals surface area (Å²) in [7, 11) is 0. The van der Waals surface area contributed by atoms with E-state index in [1.807, 2.05) is 0 Å². The minimum absolute atomic E-state index is 0.0720. The van der Waals surface area contributed by atoms with Gasteiger partial charge in [-0.2, -0.15) is 0 Å². The van der Waals surface area contributed by atoms with Crippen LogP contribution in [0.15, 0.2) is 97.1 Å². The van der Waals surface area contributed by atoms with Crippen LogP contribution in [0.25, 0.3) is 0 Å². The Bertz CT molecular complexity index is 1140. The minimum atomic E-state index is -0.266. The van der Waals surface area contributed by atoms with Gasteiger partial charge in [0.25, 0.3) is 0 Å². The van der Waals surface area contributed by atoms with Crippen LogP contribution in [-0.2, 0) is 0 Å². The molecule has 4 aromatic rings. The Kier molecular flexibility index (Phi) is 5.49. The fourth-order valence-electron chi connectivity index (χ4n) is 3.14. The lowest BCUT2D eigenvalue weighted by molar-refractivity contribution is 0.103. The van der Waals surface area contributed by atoms with Gasteiger partial charge in [0.2, 0.25) is 0 Å². The van der Waals surface area contributed by atoms with Crippen LogP contribution in [0, 0.1) is 0 Å². The number of benzene rings is 4. The molecule has 5 heteroatoms. The monoisotopic (exact) mass is 410 g/mol. The highest BCUT2D eigenvalue weighted by Gasteiger charge is 2.19. The van der Waals surface area contributed by atoms with Gasteiger partial charge in [-0.15, -0.1) is 0 Å². The molecule has 0 unspecified atom stereocenters. The van der Waals surface area contributed by atoms with E-state index in [2.05, 4.69) is 0 Å². The molecule has 0 saturated heterocycles. The van der Waals surface area contributed by atoms with E-state index in [1.54, 1.807) is 48.5 Å². The molecule has 152 valence electrons. The zero-order valence-corrected chi connectivity index (χ0v) is 16.4. The number of carbonyl (C=O) groups excluding carboxylic acids is 2. The molecule has 2 N–H and O–H groups in total. The van der Waals surface area contributed by atoms with Gasteiger partial charge in [-0.25, -0.2) is 0 Å². The van der Waals surface area contributed by atoms with E-state index in [9.17, 15) is 19.8 Å². The van der Waals surface area contributed by atoms with E-state index in [0.717, 1.165) is 0 Å². The van der Waals surface area contributed by atoms with Crippen LogP contribution in [0.2, 0.25) is 0 Å². The lowest BCUT2D eigenvalue weighted by Gasteiger charge is -2.13. The molecule has 0 fully saturated rings. The molecule has 0 atom stereocenters. The average Bonchev–Trinajstić information content (AvgIpc) is 2.80. The van der Waals surface area contributed by atoms with Crippen molar-refractivity contribution in [1.82, 2.24) is 0 Å². The highest BCUT2D eigenvalue weighted by Crippen LogP contribution is 2.31. The molecule has 0 radical (unpaired) electrons. The van der Waals surface area contributed by atoms with Crippen LogP contribution < -0.4 is 4.74 Å². The maximum absolute atomic E-state index is 13.0. The second-order valence-corrected chi connectivity index (χ2v) is 6.85. The summed E-state index contributed by atoms with van der Waals surface area (Å²) in [5.41, 5.74) is 1.48. The second kappa shape index (κ2) is 8.55. The van der Waals surface area contributed by atoms with Gasteiger partial charge in [-0.05, 0) is 72.8 Å². The van der Waals surface area contributed by atoms with E-state index in [0.29, 0.717) is 33.8 Å². The molecule has 0 heterocycles. The molecule has 0 bridgehead atoms. The van der Waals surface area contributed by atoms with Gasteiger partial charge in [0.05, 0.1) is 11.1 Å². The van der Waals surface area contributed by atoms with Gasteiger partial charge in [-0.1, -0.05) is 24.3 Å². The summed E-state index contributed by atoms with van der Waals surface area (Å²) in [6.07, 6.45) is 0. The van der Waals surface area contributed by atoms with Crippen molar-refractivity contribution in [2.75, 3.05) is 0 Å². The van der Waals surface area contributed by atoms with Gasteiger partial charge in [0.15, 0.2) is 11.6 Å². The zero-order valence-electron chi connectivity index (χ0n) is 16.4. The molecule has 0 aliphatic carbocycles. The van der Waals surface area contributed by atoms with Crippen LogP contribution in [0.3, 0.4) is 0 Å². The average molecular weight is 410 g/mol. The van der Waals surface area contributed by atoms with Crippen LogP contribution in [0.4, 0.5) is 0 Å². The molecule has 4 rings (SSSR count). The van der Waals surface area contributed by atoms with Gasteiger partial charge in [0.1, 0.15) is 23.0 Å².